The maximum absolute atomic E-state index is 12.8. The van der Waals surface area contributed by atoms with E-state index in [1.165, 1.54) is 13.3 Å². The van der Waals surface area contributed by atoms with Crippen LogP contribution in [0.4, 0.5) is 10.5 Å². The maximum Gasteiger partial charge on any atom is 0.413 e. The lowest BCUT2D eigenvalue weighted by Crippen LogP contribution is -2.22. The van der Waals surface area contributed by atoms with Gasteiger partial charge in [-0.1, -0.05) is 30.3 Å². The highest BCUT2D eigenvalue weighted by Gasteiger charge is 2.43. The molecule has 3 amide bonds. The fourth-order valence-corrected chi connectivity index (χ4v) is 3.94. The normalized spacial score (nSPS) is 18.8. The minimum absolute atomic E-state index is 0.0979. The van der Waals surface area contributed by atoms with E-state index in [1.807, 2.05) is 30.3 Å². The van der Waals surface area contributed by atoms with Crippen LogP contribution in [0.3, 0.4) is 0 Å². The number of anilines is 1. The predicted octanol–water partition coefficient (Wildman–Crippen LogP) is 2.71. The third-order valence-corrected chi connectivity index (χ3v) is 5.53. The van der Waals surface area contributed by atoms with Gasteiger partial charge in [0.1, 0.15) is 0 Å². The lowest BCUT2D eigenvalue weighted by molar-refractivity contribution is -0.117. The Morgan fingerprint density at radius 1 is 1.19 bits per heavy atom. The number of rotatable bonds is 4. The van der Waals surface area contributed by atoms with Crippen molar-refractivity contribution in [1.29, 1.82) is 0 Å². The second-order valence-corrected chi connectivity index (χ2v) is 7.50. The summed E-state index contributed by atoms with van der Waals surface area (Å²) < 4.78 is 5.26. The summed E-state index contributed by atoms with van der Waals surface area (Å²) in [6, 6.07) is 13.2. The molecule has 1 aromatic heterocycles. The molecular weight excluding hydrogens is 398 g/mol. The molecule has 0 bridgehead atoms. The van der Waals surface area contributed by atoms with Crippen molar-refractivity contribution in [2.45, 2.75) is 12.3 Å². The van der Waals surface area contributed by atoms with Crippen LogP contribution in [0.1, 0.15) is 33.8 Å². The smallest absolute Gasteiger partial charge is 0.393 e. The molecule has 9 heteroatoms. The number of ether oxygens (including phenoxy) is 1. The second kappa shape index (κ2) is 7.28. The van der Waals surface area contributed by atoms with Gasteiger partial charge in [0.15, 0.2) is 0 Å². The molecule has 3 aromatic rings. The second-order valence-electron chi connectivity index (χ2n) is 7.50. The molecule has 5 rings (SSSR count). The first-order valence-corrected chi connectivity index (χ1v) is 9.83. The molecule has 4 N–H and O–H groups in total. The van der Waals surface area contributed by atoms with Gasteiger partial charge in [0.25, 0.3) is 5.91 Å². The first-order valence-electron chi connectivity index (χ1n) is 9.83. The van der Waals surface area contributed by atoms with Crippen molar-refractivity contribution in [3.8, 4) is 5.88 Å². The Labute approximate surface area is 176 Å². The predicted molar refractivity (Wildman–Crippen MR) is 114 cm³/mol. The first kappa shape index (κ1) is 18.9. The van der Waals surface area contributed by atoms with Crippen LogP contribution >= 0.6 is 0 Å². The fraction of sp³-hybridized carbons (Fsp3) is 0.182. The van der Waals surface area contributed by atoms with Crippen LogP contribution in [0.15, 0.2) is 47.6 Å². The van der Waals surface area contributed by atoms with Crippen molar-refractivity contribution < 1.29 is 19.1 Å². The molecule has 1 aliphatic heterocycles. The number of hydrogen-bond donors (Lipinski definition) is 4. The first-order chi connectivity index (χ1) is 15.0. The summed E-state index contributed by atoms with van der Waals surface area (Å²) in [5.41, 5.74) is 5.37. The zero-order chi connectivity index (χ0) is 21.5. The molecule has 1 fully saturated rings. The van der Waals surface area contributed by atoms with Gasteiger partial charge in [-0.15, -0.1) is 0 Å². The molecular formula is C22H19N5O4. The number of H-pyrrole nitrogens is 1. The summed E-state index contributed by atoms with van der Waals surface area (Å²) in [6.07, 6.45) is 1.55. The van der Waals surface area contributed by atoms with Gasteiger partial charge in [0, 0.05) is 24.0 Å². The molecule has 0 radical (unpaired) electrons. The van der Waals surface area contributed by atoms with Crippen molar-refractivity contribution in [1.82, 2.24) is 15.7 Å². The molecule has 2 heterocycles. The molecule has 2 aromatic carbocycles. The number of benzene rings is 2. The van der Waals surface area contributed by atoms with E-state index in [4.69, 9.17) is 4.74 Å². The molecule has 1 saturated carbocycles. The Morgan fingerprint density at radius 2 is 2.00 bits per heavy atom. The topological polar surface area (TPSA) is 125 Å². The molecule has 0 saturated heterocycles. The van der Waals surface area contributed by atoms with Crippen molar-refractivity contribution in [3.05, 3.63) is 59.2 Å². The summed E-state index contributed by atoms with van der Waals surface area (Å²) in [6.45, 7) is 0. The van der Waals surface area contributed by atoms with Crippen LogP contribution in [0.2, 0.25) is 0 Å². The summed E-state index contributed by atoms with van der Waals surface area (Å²) in [5.74, 6) is -0.270. The summed E-state index contributed by atoms with van der Waals surface area (Å²) in [4.78, 5) is 40.0. The molecule has 2 aliphatic rings. The third kappa shape index (κ3) is 3.39. The van der Waals surface area contributed by atoms with Gasteiger partial charge in [0.2, 0.25) is 11.8 Å². The van der Waals surface area contributed by atoms with Crippen LogP contribution in [0, 0.1) is 5.92 Å². The Balaban J connectivity index is 1.45. The number of amides is 3. The SMILES string of the molecule is CNC(=O)Oc1[nH]c2cc(NC(=O)[C@@H]3C[C@H]3c3ccccc3)cc3c2c1C=NNC3=O. The van der Waals surface area contributed by atoms with Gasteiger partial charge < -0.3 is 20.4 Å². The van der Waals surface area contributed by atoms with Gasteiger partial charge in [-0.05, 0) is 30.0 Å². The highest BCUT2D eigenvalue weighted by molar-refractivity contribution is 6.17. The van der Waals surface area contributed by atoms with Gasteiger partial charge in [-0.3, -0.25) is 9.59 Å². The van der Waals surface area contributed by atoms with E-state index in [9.17, 15) is 14.4 Å². The van der Waals surface area contributed by atoms with Crippen molar-refractivity contribution in [3.63, 3.8) is 0 Å². The third-order valence-electron chi connectivity index (χ3n) is 5.53. The van der Waals surface area contributed by atoms with E-state index in [-0.39, 0.29) is 23.6 Å². The van der Waals surface area contributed by atoms with Gasteiger partial charge >= 0.3 is 6.09 Å². The highest BCUT2D eigenvalue weighted by Crippen LogP contribution is 2.48. The van der Waals surface area contributed by atoms with Crippen molar-refractivity contribution in [2.24, 2.45) is 11.0 Å². The van der Waals surface area contributed by atoms with E-state index in [2.05, 4.69) is 26.1 Å². The number of aromatic amines is 1. The minimum atomic E-state index is -0.657. The molecule has 9 nitrogen and oxygen atoms in total. The number of hydrogen-bond acceptors (Lipinski definition) is 5. The summed E-state index contributed by atoms with van der Waals surface area (Å²) >= 11 is 0. The Morgan fingerprint density at radius 3 is 2.77 bits per heavy atom. The van der Waals surface area contributed by atoms with Crippen LogP contribution in [-0.4, -0.2) is 36.2 Å². The standard InChI is InChI=1S/C22H19N5O4/c1-23-22(30)31-21-16-10-24-27-20(29)15-7-12(8-17(26-21)18(15)16)25-19(28)14-9-13(14)11-5-3-2-4-6-11/h2-8,10,13-14,26H,9H2,1H3,(H,23,30)(H,25,28)(H,27,29)/t13-,14+/m0/s1. The number of nitrogens with one attached hydrogen (secondary N) is 4. The average molecular weight is 417 g/mol. The lowest BCUT2D eigenvalue weighted by atomic mass is 10.0. The quantitative estimate of drug-likeness (QED) is 0.521. The largest absolute Gasteiger partial charge is 0.413 e. The van der Waals surface area contributed by atoms with Gasteiger partial charge in [-0.2, -0.15) is 5.10 Å². The number of carbonyl (C=O) groups excluding carboxylic acids is 3. The van der Waals surface area contributed by atoms with E-state index in [0.717, 1.165) is 12.0 Å². The lowest BCUT2D eigenvalue weighted by Gasteiger charge is -2.08. The molecule has 0 spiro atoms. The van der Waals surface area contributed by atoms with E-state index >= 15 is 0 Å². The minimum Gasteiger partial charge on any atom is -0.393 e. The van der Waals surface area contributed by atoms with Gasteiger partial charge in [-0.25, -0.2) is 10.2 Å². The number of hydrazone groups is 1. The van der Waals surface area contributed by atoms with Crippen LogP contribution < -0.4 is 20.8 Å². The molecule has 156 valence electrons. The Bertz CT molecular complexity index is 1250. The van der Waals surface area contributed by atoms with Crippen molar-refractivity contribution in [2.75, 3.05) is 12.4 Å². The van der Waals surface area contributed by atoms with Crippen molar-refractivity contribution >= 4 is 40.7 Å². The number of nitrogens with zero attached hydrogens (tertiary/aromatic N) is 1. The summed E-state index contributed by atoms with van der Waals surface area (Å²) in [5, 5.41) is 9.74. The van der Waals surface area contributed by atoms with Crippen LogP contribution in [0.5, 0.6) is 5.88 Å². The van der Waals surface area contributed by atoms with E-state index < -0.39 is 12.0 Å². The molecule has 2 atom stereocenters. The van der Waals surface area contributed by atoms with Crippen LogP contribution in [0.25, 0.3) is 10.9 Å². The fourth-order valence-electron chi connectivity index (χ4n) is 3.94. The zero-order valence-electron chi connectivity index (χ0n) is 16.6. The van der Waals surface area contributed by atoms with E-state index in [1.54, 1.807) is 12.1 Å². The zero-order valence-corrected chi connectivity index (χ0v) is 16.6. The average Bonchev–Trinajstić information content (AvgIpc) is 3.53. The highest BCUT2D eigenvalue weighted by atomic mass is 16.6. The Kier molecular flexibility index (Phi) is 4.43. The van der Waals surface area contributed by atoms with Crippen LogP contribution in [-0.2, 0) is 4.79 Å². The monoisotopic (exact) mass is 417 g/mol. The molecule has 31 heavy (non-hydrogen) atoms. The number of aromatic nitrogens is 1. The molecule has 0 unspecified atom stereocenters. The Hall–Kier alpha value is -4.14. The van der Waals surface area contributed by atoms with E-state index in [0.29, 0.717) is 27.7 Å². The maximum atomic E-state index is 12.8. The summed E-state index contributed by atoms with van der Waals surface area (Å²) in [7, 11) is 1.45. The number of carbonyl (C=O) groups is 3. The van der Waals surface area contributed by atoms with Gasteiger partial charge in [0.05, 0.1) is 22.9 Å². The molecule has 1 aliphatic carbocycles.